The van der Waals surface area contributed by atoms with Gasteiger partial charge in [0.25, 0.3) is 5.91 Å². The molecule has 3 heterocycles. The van der Waals surface area contributed by atoms with Crippen molar-refractivity contribution in [3.05, 3.63) is 53.1 Å². The third kappa shape index (κ3) is 9.24. The van der Waals surface area contributed by atoms with Gasteiger partial charge in [0, 0.05) is 69.0 Å². The first-order valence-electron chi connectivity index (χ1n) is 14.6. The van der Waals surface area contributed by atoms with Gasteiger partial charge in [-0.05, 0) is 63.0 Å². The van der Waals surface area contributed by atoms with Gasteiger partial charge in [-0.3, -0.25) is 14.8 Å². The van der Waals surface area contributed by atoms with E-state index >= 15 is 0 Å². The van der Waals surface area contributed by atoms with Crippen LogP contribution in [0.3, 0.4) is 0 Å². The van der Waals surface area contributed by atoms with Crippen molar-refractivity contribution in [2.24, 2.45) is 11.7 Å². The molecule has 1 fully saturated rings. The molecule has 42 heavy (non-hydrogen) atoms. The number of piperidine rings is 1. The molecule has 1 aliphatic rings. The average molecular weight is 600 g/mol. The normalized spacial score (nSPS) is 18.1. The molecule has 3 rings (SSSR count). The Bertz CT molecular complexity index is 1220. The first-order valence-corrected chi connectivity index (χ1v) is 17.5. The number of anilines is 1. The Balaban J connectivity index is 1.85. The second-order valence-corrected chi connectivity index (χ2v) is 18.5. The second kappa shape index (κ2) is 13.5. The maximum Gasteiger partial charge on any atom is 0.410 e. The molecule has 10 nitrogen and oxygen atoms in total. The van der Waals surface area contributed by atoms with Gasteiger partial charge in [0.05, 0.1) is 17.9 Å². The van der Waals surface area contributed by atoms with Crippen molar-refractivity contribution in [2.45, 2.75) is 90.8 Å². The minimum atomic E-state index is -2.05. The van der Waals surface area contributed by atoms with Crippen molar-refractivity contribution in [1.29, 1.82) is 0 Å². The van der Waals surface area contributed by atoms with Gasteiger partial charge in [-0.1, -0.05) is 26.8 Å². The highest BCUT2D eigenvalue weighted by Crippen LogP contribution is 2.37. The van der Waals surface area contributed by atoms with Crippen molar-refractivity contribution < 1.29 is 23.5 Å². The van der Waals surface area contributed by atoms with E-state index in [-0.39, 0.29) is 23.1 Å². The van der Waals surface area contributed by atoms with E-state index in [1.54, 1.807) is 18.2 Å². The highest BCUT2D eigenvalue weighted by molar-refractivity contribution is 6.74. The largest absolute Gasteiger partial charge is 0.444 e. The Kier molecular flexibility index (Phi) is 10.8. The molecular formula is C31H49N5O5Si. The third-order valence-corrected chi connectivity index (χ3v) is 12.5. The minimum Gasteiger partial charge on any atom is -0.444 e. The van der Waals surface area contributed by atoms with E-state index in [0.29, 0.717) is 50.4 Å². The summed E-state index contributed by atoms with van der Waals surface area (Å²) >= 11 is 0. The second-order valence-electron chi connectivity index (χ2n) is 13.7. The predicted octanol–water partition coefficient (Wildman–Crippen LogP) is 5.37. The van der Waals surface area contributed by atoms with Crippen LogP contribution in [0, 0.1) is 5.92 Å². The van der Waals surface area contributed by atoms with E-state index < -0.39 is 19.8 Å². The van der Waals surface area contributed by atoms with E-state index in [1.807, 2.05) is 39.0 Å². The molecule has 2 aromatic rings. The number of ether oxygens (including phenoxy) is 2. The van der Waals surface area contributed by atoms with Gasteiger partial charge < -0.3 is 29.9 Å². The zero-order valence-electron chi connectivity index (χ0n) is 26.7. The fraction of sp³-hybridized carbons (Fsp3) is 0.613. The van der Waals surface area contributed by atoms with Crippen LogP contribution in [0.4, 0.5) is 10.5 Å². The van der Waals surface area contributed by atoms with Crippen LogP contribution in [0.2, 0.25) is 18.1 Å². The SMILES string of the molecule is COCc1ccc(Cc2cc(N[C@@H]3CCN(C(=O)OC(C)(C)C)C[C@@H]3CO[Si](C)(C)C(C)(C)C)c(C(N)=O)cn2)nc1. The number of primary amides is 1. The molecule has 2 atom stereocenters. The summed E-state index contributed by atoms with van der Waals surface area (Å²) in [7, 11) is -0.399. The maximum atomic E-state index is 13.0. The van der Waals surface area contributed by atoms with E-state index in [2.05, 4.69) is 49.1 Å². The van der Waals surface area contributed by atoms with Crippen LogP contribution < -0.4 is 11.1 Å². The van der Waals surface area contributed by atoms with Crippen molar-refractivity contribution in [1.82, 2.24) is 14.9 Å². The van der Waals surface area contributed by atoms with Crippen molar-refractivity contribution in [3.63, 3.8) is 0 Å². The first-order chi connectivity index (χ1) is 19.5. The number of rotatable bonds is 10. The first kappa shape index (κ1) is 33.5. The number of aromatic nitrogens is 2. The van der Waals surface area contributed by atoms with Crippen LogP contribution in [-0.4, -0.2) is 73.6 Å². The predicted molar refractivity (Wildman–Crippen MR) is 167 cm³/mol. The smallest absolute Gasteiger partial charge is 0.410 e. The summed E-state index contributed by atoms with van der Waals surface area (Å²) in [6.45, 7) is 18.7. The summed E-state index contributed by atoms with van der Waals surface area (Å²) in [6.07, 6.45) is 4.14. The zero-order chi connectivity index (χ0) is 31.3. The Hall–Kier alpha value is -3.02. The van der Waals surface area contributed by atoms with Crippen molar-refractivity contribution in [3.8, 4) is 0 Å². The molecule has 0 spiro atoms. The Morgan fingerprint density at radius 3 is 2.36 bits per heavy atom. The Labute approximate surface area is 251 Å². The topological polar surface area (TPSA) is 129 Å². The molecule has 0 aliphatic carbocycles. The zero-order valence-corrected chi connectivity index (χ0v) is 27.7. The van der Waals surface area contributed by atoms with Crippen LogP contribution in [0.25, 0.3) is 0 Å². The van der Waals surface area contributed by atoms with Crippen LogP contribution in [0.5, 0.6) is 0 Å². The number of carbonyl (C=O) groups is 2. The summed E-state index contributed by atoms with van der Waals surface area (Å²) in [4.78, 5) is 36.1. The highest BCUT2D eigenvalue weighted by Gasteiger charge is 2.40. The summed E-state index contributed by atoms with van der Waals surface area (Å²) in [5.74, 6) is -0.591. The van der Waals surface area contributed by atoms with Crippen LogP contribution in [0.1, 0.15) is 75.3 Å². The molecule has 1 saturated heterocycles. The number of nitrogens with two attached hydrogens (primary N) is 1. The number of amides is 2. The van der Waals surface area contributed by atoms with Crippen LogP contribution in [0.15, 0.2) is 30.6 Å². The lowest BCUT2D eigenvalue weighted by Gasteiger charge is -2.42. The lowest BCUT2D eigenvalue weighted by Crippen LogP contribution is -2.53. The summed E-state index contributed by atoms with van der Waals surface area (Å²) in [5.41, 5.74) is 8.72. The molecule has 0 unspecified atom stereocenters. The van der Waals surface area contributed by atoms with E-state index in [4.69, 9.17) is 19.6 Å². The molecule has 0 saturated carbocycles. The van der Waals surface area contributed by atoms with Gasteiger partial charge in [-0.25, -0.2) is 4.79 Å². The number of nitrogens with zero attached hydrogens (tertiary/aromatic N) is 3. The van der Waals surface area contributed by atoms with E-state index in [0.717, 1.165) is 17.0 Å². The standard InChI is InChI=1S/C31H49N5O5Si/c1-30(2,3)41-29(38)36-13-12-26(22(18-36)20-40-42(8,9)31(4,5)6)35-27-15-24(34-17-25(27)28(32)37)14-23-11-10-21(16-33-23)19-39-7/h10-11,15-17,22,26H,12-14,18-20H2,1-9H3,(H2,32,37)(H,34,35)/t22-,26-/m1/s1. The summed E-state index contributed by atoms with van der Waals surface area (Å²) in [5, 5.41) is 3.64. The van der Waals surface area contributed by atoms with Gasteiger partial charge in [0.15, 0.2) is 8.32 Å². The number of likely N-dealkylation sites (tertiary alicyclic amines) is 1. The average Bonchev–Trinajstić information content (AvgIpc) is 2.87. The number of hydrogen-bond acceptors (Lipinski definition) is 8. The lowest BCUT2D eigenvalue weighted by atomic mass is 9.92. The lowest BCUT2D eigenvalue weighted by molar-refractivity contribution is 0.0121. The quantitative estimate of drug-likeness (QED) is 0.349. The number of pyridine rings is 2. The molecule has 232 valence electrons. The van der Waals surface area contributed by atoms with Gasteiger partial charge in [-0.2, -0.15) is 0 Å². The molecule has 3 N–H and O–H groups in total. The van der Waals surface area contributed by atoms with Gasteiger partial charge >= 0.3 is 6.09 Å². The van der Waals surface area contributed by atoms with Crippen molar-refractivity contribution in [2.75, 3.05) is 32.1 Å². The van der Waals surface area contributed by atoms with Crippen LogP contribution >= 0.6 is 0 Å². The molecular weight excluding hydrogens is 550 g/mol. The minimum absolute atomic E-state index is 0.0345. The van der Waals surface area contributed by atoms with E-state index in [9.17, 15) is 9.59 Å². The molecule has 0 radical (unpaired) electrons. The number of hydrogen-bond donors (Lipinski definition) is 2. The van der Waals surface area contributed by atoms with Crippen molar-refractivity contribution >= 4 is 26.0 Å². The van der Waals surface area contributed by atoms with E-state index in [1.165, 1.54) is 6.20 Å². The highest BCUT2D eigenvalue weighted by atomic mass is 28.4. The fourth-order valence-electron chi connectivity index (χ4n) is 4.52. The van der Waals surface area contributed by atoms with Gasteiger partial charge in [0.1, 0.15) is 5.60 Å². The Morgan fingerprint density at radius 2 is 1.79 bits per heavy atom. The molecule has 0 aromatic carbocycles. The maximum absolute atomic E-state index is 13.0. The third-order valence-electron chi connectivity index (χ3n) is 7.98. The number of nitrogens with one attached hydrogen (secondary N) is 1. The van der Waals surface area contributed by atoms with Crippen LogP contribution in [-0.2, 0) is 26.9 Å². The van der Waals surface area contributed by atoms with Gasteiger partial charge in [0.2, 0.25) is 0 Å². The fourth-order valence-corrected chi connectivity index (χ4v) is 5.59. The molecule has 2 amide bonds. The molecule has 11 heteroatoms. The molecule has 2 aromatic heterocycles. The summed E-state index contributed by atoms with van der Waals surface area (Å²) in [6, 6.07) is 5.74. The number of methoxy groups -OCH3 is 1. The molecule has 1 aliphatic heterocycles. The van der Waals surface area contributed by atoms with Gasteiger partial charge in [-0.15, -0.1) is 0 Å². The molecule has 0 bridgehead atoms. The summed E-state index contributed by atoms with van der Waals surface area (Å²) < 4.78 is 17.5. The Morgan fingerprint density at radius 1 is 1.10 bits per heavy atom. The monoisotopic (exact) mass is 599 g/mol. The number of carbonyl (C=O) groups excluding carboxylic acids is 2.